The summed E-state index contributed by atoms with van der Waals surface area (Å²) in [5.74, 6) is -1.39. The lowest BCUT2D eigenvalue weighted by Gasteiger charge is -2.36. The maximum Gasteiger partial charge on any atom is 0.320 e. The van der Waals surface area contributed by atoms with Crippen LogP contribution < -0.4 is 0 Å². The highest BCUT2D eigenvalue weighted by atomic mass is 32.2. The Balaban J connectivity index is 1.94. The molecule has 0 spiro atoms. The molecule has 2 heterocycles. The first-order chi connectivity index (χ1) is 8.89. The summed E-state index contributed by atoms with van der Waals surface area (Å²) in [4.78, 5) is 26.2. The van der Waals surface area contributed by atoms with E-state index in [1.165, 1.54) is 9.80 Å². The van der Waals surface area contributed by atoms with Crippen LogP contribution in [0.4, 0.5) is 4.79 Å². The summed E-state index contributed by atoms with van der Waals surface area (Å²) in [5, 5.41) is 8.99. The summed E-state index contributed by atoms with van der Waals surface area (Å²) in [6.07, 6.45) is 1.27. The van der Waals surface area contributed by atoms with Crippen molar-refractivity contribution in [2.75, 3.05) is 37.7 Å². The lowest BCUT2D eigenvalue weighted by Crippen LogP contribution is -2.52. The average Bonchev–Trinajstić information content (AvgIpc) is 2.38. The van der Waals surface area contributed by atoms with Crippen LogP contribution in [-0.4, -0.2) is 73.0 Å². The van der Waals surface area contributed by atoms with Crippen LogP contribution in [0.15, 0.2) is 0 Å². The van der Waals surface area contributed by atoms with E-state index in [-0.39, 0.29) is 37.2 Å². The molecule has 1 N–H and O–H groups in total. The zero-order valence-electron chi connectivity index (χ0n) is 10.6. The van der Waals surface area contributed by atoms with Gasteiger partial charge in [-0.2, -0.15) is 0 Å². The Labute approximate surface area is 112 Å². The maximum absolute atomic E-state index is 12.2. The number of carboxylic acids is 1. The monoisotopic (exact) mass is 290 g/mol. The van der Waals surface area contributed by atoms with Gasteiger partial charge in [0.2, 0.25) is 0 Å². The Kier molecular flexibility index (Phi) is 3.98. The molecule has 2 fully saturated rings. The molecule has 1 atom stereocenters. The molecular formula is C11H18N2O5S. The number of nitrogens with zero attached hydrogens (tertiary/aromatic N) is 2. The summed E-state index contributed by atoms with van der Waals surface area (Å²) in [7, 11) is -3.01. The van der Waals surface area contributed by atoms with Crippen molar-refractivity contribution in [2.45, 2.75) is 12.8 Å². The van der Waals surface area contributed by atoms with Gasteiger partial charge in [0.15, 0.2) is 9.84 Å². The highest BCUT2D eigenvalue weighted by Crippen LogP contribution is 2.18. The van der Waals surface area contributed by atoms with Gasteiger partial charge in [-0.05, 0) is 12.8 Å². The summed E-state index contributed by atoms with van der Waals surface area (Å²) in [5.41, 5.74) is 0. The molecular weight excluding hydrogens is 272 g/mol. The maximum atomic E-state index is 12.2. The number of aliphatic carboxylic acids is 1. The van der Waals surface area contributed by atoms with Gasteiger partial charge in [-0.3, -0.25) is 4.79 Å². The van der Waals surface area contributed by atoms with Crippen molar-refractivity contribution in [1.82, 2.24) is 9.80 Å². The number of sulfone groups is 1. The molecule has 2 amide bonds. The summed E-state index contributed by atoms with van der Waals surface area (Å²) in [6.45, 7) is 1.17. The van der Waals surface area contributed by atoms with Crippen molar-refractivity contribution in [2.24, 2.45) is 5.92 Å². The fourth-order valence-electron chi connectivity index (χ4n) is 2.46. The third-order valence-electron chi connectivity index (χ3n) is 3.66. The largest absolute Gasteiger partial charge is 0.481 e. The molecule has 2 saturated heterocycles. The standard InChI is InChI=1S/C11H18N2O5S/c14-10(15)9-2-1-3-13(8-9)11(16)12-4-6-19(17,18)7-5-12/h9H,1-8H2,(H,14,15)/t9-/m0/s1. The van der Waals surface area contributed by atoms with Crippen LogP contribution in [0.25, 0.3) is 0 Å². The van der Waals surface area contributed by atoms with Crippen LogP contribution >= 0.6 is 0 Å². The summed E-state index contributed by atoms with van der Waals surface area (Å²) < 4.78 is 22.6. The van der Waals surface area contributed by atoms with Gasteiger partial charge in [-0.1, -0.05) is 0 Å². The topological polar surface area (TPSA) is 95.0 Å². The number of hydrogen-bond acceptors (Lipinski definition) is 4. The van der Waals surface area contributed by atoms with Gasteiger partial charge in [0.05, 0.1) is 17.4 Å². The van der Waals surface area contributed by atoms with Crippen LogP contribution in [-0.2, 0) is 14.6 Å². The molecule has 0 saturated carbocycles. The summed E-state index contributed by atoms with van der Waals surface area (Å²) >= 11 is 0. The number of urea groups is 1. The van der Waals surface area contributed by atoms with Crippen LogP contribution in [0.1, 0.15) is 12.8 Å². The van der Waals surface area contributed by atoms with Crippen LogP contribution in [0.3, 0.4) is 0 Å². The van der Waals surface area contributed by atoms with Gasteiger partial charge in [0.1, 0.15) is 0 Å². The fourth-order valence-corrected chi connectivity index (χ4v) is 3.66. The van der Waals surface area contributed by atoms with Gasteiger partial charge in [0.25, 0.3) is 0 Å². The Hall–Kier alpha value is -1.31. The van der Waals surface area contributed by atoms with Gasteiger partial charge in [-0.25, -0.2) is 13.2 Å². The quantitative estimate of drug-likeness (QED) is 0.711. The second-order valence-corrected chi connectivity index (χ2v) is 7.35. The lowest BCUT2D eigenvalue weighted by atomic mass is 9.99. The molecule has 0 bridgehead atoms. The van der Waals surface area contributed by atoms with Crippen LogP contribution in [0, 0.1) is 5.92 Å². The van der Waals surface area contributed by atoms with Crippen molar-refractivity contribution in [3.8, 4) is 0 Å². The zero-order valence-corrected chi connectivity index (χ0v) is 11.4. The molecule has 108 valence electrons. The second-order valence-electron chi connectivity index (χ2n) is 5.04. The van der Waals surface area contributed by atoms with Gasteiger partial charge < -0.3 is 14.9 Å². The minimum atomic E-state index is -3.01. The molecule has 2 aliphatic heterocycles. The number of likely N-dealkylation sites (tertiary alicyclic amines) is 1. The SMILES string of the molecule is O=C(O)[C@H]1CCCN(C(=O)N2CCS(=O)(=O)CC2)C1. The van der Waals surface area contributed by atoms with Crippen molar-refractivity contribution in [1.29, 1.82) is 0 Å². The Morgan fingerprint density at radius 3 is 2.26 bits per heavy atom. The molecule has 0 radical (unpaired) electrons. The van der Waals surface area contributed by atoms with Crippen LogP contribution in [0.2, 0.25) is 0 Å². The number of piperidine rings is 1. The van der Waals surface area contributed by atoms with E-state index in [1.807, 2.05) is 0 Å². The van der Waals surface area contributed by atoms with Crippen molar-refractivity contribution >= 4 is 21.8 Å². The third-order valence-corrected chi connectivity index (χ3v) is 5.27. The Morgan fingerprint density at radius 1 is 1.05 bits per heavy atom. The molecule has 0 unspecified atom stereocenters. The van der Waals surface area contributed by atoms with E-state index in [0.717, 1.165) is 0 Å². The van der Waals surface area contributed by atoms with E-state index in [1.54, 1.807) is 0 Å². The molecule has 19 heavy (non-hydrogen) atoms. The molecule has 0 aliphatic carbocycles. The second kappa shape index (κ2) is 5.36. The number of rotatable bonds is 1. The Morgan fingerprint density at radius 2 is 1.68 bits per heavy atom. The van der Waals surface area contributed by atoms with Gasteiger partial charge in [0, 0.05) is 26.2 Å². The molecule has 0 aromatic rings. The van der Waals surface area contributed by atoms with E-state index < -0.39 is 21.7 Å². The number of hydrogen-bond donors (Lipinski definition) is 1. The first-order valence-electron chi connectivity index (χ1n) is 6.36. The molecule has 8 heteroatoms. The van der Waals surface area contributed by atoms with Crippen molar-refractivity contribution in [3.63, 3.8) is 0 Å². The Bertz CT molecular complexity index is 461. The third kappa shape index (κ3) is 3.37. The first kappa shape index (κ1) is 14.1. The number of carbonyl (C=O) groups is 2. The predicted octanol–water partition coefficient (Wildman–Crippen LogP) is -0.367. The minimum absolute atomic E-state index is 0.00502. The van der Waals surface area contributed by atoms with Gasteiger partial charge in [-0.15, -0.1) is 0 Å². The number of carboxylic acid groups (broad SMARTS) is 1. The fraction of sp³-hybridized carbons (Fsp3) is 0.818. The van der Waals surface area contributed by atoms with E-state index in [0.29, 0.717) is 19.4 Å². The number of amides is 2. The first-order valence-corrected chi connectivity index (χ1v) is 8.18. The van der Waals surface area contributed by atoms with E-state index >= 15 is 0 Å². The van der Waals surface area contributed by atoms with E-state index in [9.17, 15) is 18.0 Å². The van der Waals surface area contributed by atoms with E-state index in [4.69, 9.17) is 5.11 Å². The normalized spacial score (nSPS) is 27.1. The van der Waals surface area contributed by atoms with Crippen molar-refractivity contribution < 1.29 is 23.1 Å². The lowest BCUT2D eigenvalue weighted by molar-refractivity contribution is -0.143. The zero-order chi connectivity index (χ0) is 14.0. The number of carbonyl (C=O) groups excluding carboxylic acids is 1. The molecule has 7 nitrogen and oxygen atoms in total. The molecule has 2 aliphatic rings. The van der Waals surface area contributed by atoms with E-state index in [2.05, 4.69) is 0 Å². The molecule has 2 rings (SSSR count). The smallest absolute Gasteiger partial charge is 0.320 e. The molecule has 0 aromatic heterocycles. The highest BCUT2D eigenvalue weighted by molar-refractivity contribution is 7.91. The van der Waals surface area contributed by atoms with Gasteiger partial charge >= 0.3 is 12.0 Å². The minimum Gasteiger partial charge on any atom is -0.481 e. The van der Waals surface area contributed by atoms with Crippen molar-refractivity contribution in [3.05, 3.63) is 0 Å². The summed E-state index contributed by atoms with van der Waals surface area (Å²) in [6, 6.07) is -0.235. The average molecular weight is 290 g/mol. The highest BCUT2D eigenvalue weighted by Gasteiger charge is 2.32. The molecule has 0 aromatic carbocycles. The van der Waals surface area contributed by atoms with Crippen LogP contribution in [0.5, 0.6) is 0 Å². The predicted molar refractivity (Wildman–Crippen MR) is 67.6 cm³/mol.